The number of nitrogens with zero attached hydrogens (tertiary/aromatic N) is 6. The third-order valence-electron chi connectivity index (χ3n) is 10.1. The zero-order valence-electron chi connectivity index (χ0n) is 32.3. The van der Waals surface area contributed by atoms with Gasteiger partial charge in [-0.05, 0) is 53.9 Å². The van der Waals surface area contributed by atoms with Crippen LogP contribution in [0.1, 0.15) is 13.8 Å². The lowest BCUT2D eigenvalue weighted by molar-refractivity contribution is 0.984. The van der Waals surface area contributed by atoms with Crippen LogP contribution >= 0.6 is 0 Å². The molecule has 0 bridgehead atoms. The smallest absolute Gasteiger partial charge is 0.235 e. The second-order valence-corrected chi connectivity index (χ2v) is 13.6. The SMILES string of the molecule is CC.c1ccc(-c2nc(-c3ccccc3)c3cc(-n4ccc5ccccc54)ccc3n2)cc1.c1ccc(-c2nc(-n3ccc4ccccc43)nc3ccccc23)cc1. The average Bonchev–Trinajstić information content (AvgIpc) is 3.95. The maximum absolute atomic E-state index is 5.01. The molecular formula is C52H40N6. The topological polar surface area (TPSA) is 61.4 Å². The maximum Gasteiger partial charge on any atom is 0.235 e. The van der Waals surface area contributed by atoms with Gasteiger partial charge < -0.3 is 4.57 Å². The lowest BCUT2D eigenvalue weighted by Gasteiger charge is -2.12. The number of para-hydroxylation sites is 3. The highest BCUT2D eigenvalue weighted by Gasteiger charge is 2.14. The van der Waals surface area contributed by atoms with Gasteiger partial charge in [0.1, 0.15) is 0 Å². The molecule has 0 spiro atoms. The predicted molar refractivity (Wildman–Crippen MR) is 240 cm³/mol. The van der Waals surface area contributed by atoms with E-state index in [9.17, 15) is 0 Å². The van der Waals surface area contributed by atoms with E-state index in [1.807, 2.05) is 97.4 Å². The van der Waals surface area contributed by atoms with Crippen molar-refractivity contribution in [3.8, 4) is 45.5 Å². The van der Waals surface area contributed by atoms with Crippen molar-refractivity contribution in [2.24, 2.45) is 0 Å². The summed E-state index contributed by atoms with van der Waals surface area (Å²) in [5.74, 6) is 1.44. The van der Waals surface area contributed by atoms with Gasteiger partial charge in [0.25, 0.3) is 0 Å². The zero-order valence-corrected chi connectivity index (χ0v) is 32.3. The Bertz CT molecular complexity index is 3130. The lowest BCUT2D eigenvalue weighted by atomic mass is 10.0. The van der Waals surface area contributed by atoms with E-state index in [-0.39, 0.29) is 0 Å². The van der Waals surface area contributed by atoms with Gasteiger partial charge in [-0.15, -0.1) is 0 Å². The van der Waals surface area contributed by atoms with E-state index in [4.69, 9.17) is 19.9 Å². The summed E-state index contributed by atoms with van der Waals surface area (Å²) < 4.78 is 4.27. The average molecular weight is 749 g/mol. The van der Waals surface area contributed by atoms with E-state index >= 15 is 0 Å². The first-order valence-electron chi connectivity index (χ1n) is 19.6. The molecule has 0 radical (unpaired) electrons. The first kappa shape index (κ1) is 36.0. The number of benzene rings is 7. The normalized spacial score (nSPS) is 10.9. The van der Waals surface area contributed by atoms with Crippen molar-refractivity contribution in [3.63, 3.8) is 0 Å². The van der Waals surface area contributed by atoms with Crippen LogP contribution in [0.2, 0.25) is 0 Å². The van der Waals surface area contributed by atoms with E-state index < -0.39 is 0 Å². The van der Waals surface area contributed by atoms with Crippen molar-refractivity contribution in [3.05, 3.63) is 207 Å². The van der Waals surface area contributed by atoms with Crippen LogP contribution in [-0.2, 0) is 0 Å². The van der Waals surface area contributed by atoms with Crippen LogP contribution in [0.3, 0.4) is 0 Å². The summed E-state index contributed by atoms with van der Waals surface area (Å²) in [6.45, 7) is 4.00. The van der Waals surface area contributed by atoms with Crippen molar-refractivity contribution >= 4 is 43.6 Å². The monoisotopic (exact) mass is 748 g/mol. The van der Waals surface area contributed by atoms with E-state index in [0.717, 1.165) is 66.9 Å². The Balaban J connectivity index is 0.000000147. The summed E-state index contributed by atoms with van der Waals surface area (Å²) in [6.07, 6.45) is 4.15. The van der Waals surface area contributed by atoms with Gasteiger partial charge in [0, 0.05) is 50.9 Å². The highest BCUT2D eigenvalue weighted by Crippen LogP contribution is 2.32. The number of fused-ring (bicyclic) bond motifs is 4. The molecule has 6 nitrogen and oxygen atoms in total. The Morgan fingerprint density at radius 2 is 0.862 bits per heavy atom. The molecule has 278 valence electrons. The van der Waals surface area contributed by atoms with E-state index in [0.29, 0.717) is 5.95 Å². The molecule has 0 N–H and O–H groups in total. The van der Waals surface area contributed by atoms with Crippen LogP contribution in [0, 0.1) is 0 Å². The number of aromatic nitrogens is 6. The van der Waals surface area contributed by atoms with Crippen LogP contribution in [0.4, 0.5) is 0 Å². The molecule has 0 saturated carbocycles. The minimum absolute atomic E-state index is 0.693. The molecule has 4 aromatic heterocycles. The third-order valence-corrected chi connectivity index (χ3v) is 10.1. The summed E-state index contributed by atoms with van der Waals surface area (Å²) in [5.41, 5.74) is 10.4. The van der Waals surface area contributed by atoms with E-state index in [2.05, 4.69) is 132 Å². The minimum Gasteiger partial charge on any atom is -0.317 e. The number of hydrogen-bond acceptors (Lipinski definition) is 4. The summed E-state index contributed by atoms with van der Waals surface area (Å²) >= 11 is 0. The summed E-state index contributed by atoms with van der Waals surface area (Å²) in [4.78, 5) is 19.6. The fraction of sp³-hybridized carbons (Fsp3) is 0.0385. The van der Waals surface area contributed by atoms with Gasteiger partial charge in [-0.1, -0.05) is 159 Å². The molecule has 11 aromatic rings. The molecule has 6 heteroatoms. The Kier molecular flexibility index (Phi) is 10.0. The van der Waals surface area contributed by atoms with Crippen molar-refractivity contribution in [1.82, 2.24) is 29.1 Å². The van der Waals surface area contributed by atoms with Gasteiger partial charge in [0.05, 0.1) is 33.5 Å². The Hall–Kier alpha value is -7.70. The largest absolute Gasteiger partial charge is 0.317 e. The second-order valence-electron chi connectivity index (χ2n) is 13.6. The van der Waals surface area contributed by atoms with Gasteiger partial charge in [0.2, 0.25) is 5.95 Å². The molecule has 0 aliphatic carbocycles. The van der Waals surface area contributed by atoms with E-state index in [1.54, 1.807) is 0 Å². The van der Waals surface area contributed by atoms with Crippen LogP contribution in [0.25, 0.3) is 89.2 Å². The predicted octanol–water partition coefficient (Wildman–Crippen LogP) is 13.2. The zero-order chi connectivity index (χ0) is 39.3. The standard InChI is InChI=1S/C28H19N3.C22H15N3.C2H6/c1-3-10-21(11-4-1)27-24-19-23(31-18-17-20-9-7-8-14-26(20)31)15-16-25(24)29-28(30-27)22-12-5-2-6-13-22;1-2-9-17(10-3-1)21-18-11-5-6-12-19(18)23-22(24-21)25-15-14-16-8-4-7-13-20(16)25;1-2/h1-19H;1-15H;1-2H3. The van der Waals surface area contributed by atoms with Crippen LogP contribution in [-0.4, -0.2) is 29.1 Å². The molecular weight excluding hydrogens is 709 g/mol. The Morgan fingerprint density at radius 3 is 1.52 bits per heavy atom. The highest BCUT2D eigenvalue weighted by molar-refractivity contribution is 5.96. The fourth-order valence-corrected chi connectivity index (χ4v) is 7.35. The lowest BCUT2D eigenvalue weighted by Crippen LogP contribution is -2.02. The maximum atomic E-state index is 5.01. The molecule has 4 heterocycles. The fourth-order valence-electron chi connectivity index (χ4n) is 7.35. The third kappa shape index (κ3) is 6.99. The molecule has 0 fully saturated rings. The van der Waals surface area contributed by atoms with Gasteiger partial charge in [-0.25, -0.2) is 19.9 Å². The minimum atomic E-state index is 0.693. The second kappa shape index (κ2) is 16.2. The molecule has 0 amide bonds. The molecule has 7 aromatic carbocycles. The van der Waals surface area contributed by atoms with Crippen LogP contribution in [0.5, 0.6) is 0 Å². The highest BCUT2D eigenvalue weighted by atomic mass is 15.1. The van der Waals surface area contributed by atoms with Gasteiger partial charge in [0.15, 0.2) is 5.82 Å². The van der Waals surface area contributed by atoms with Crippen molar-refractivity contribution in [1.29, 1.82) is 0 Å². The van der Waals surface area contributed by atoms with Gasteiger partial charge in [-0.2, -0.15) is 0 Å². The summed E-state index contributed by atoms with van der Waals surface area (Å²) in [6, 6.07) is 66.3. The summed E-state index contributed by atoms with van der Waals surface area (Å²) in [5, 5.41) is 4.51. The van der Waals surface area contributed by atoms with Crippen LogP contribution < -0.4 is 0 Å². The molecule has 58 heavy (non-hydrogen) atoms. The van der Waals surface area contributed by atoms with Gasteiger partial charge >= 0.3 is 0 Å². The molecule has 11 rings (SSSR count). The number of rotatable bonds is 5. The quantitative estimate of drug-likeness (QED) is 0.176. The molecule has 0 saturated heterocycles. The Morgan fingerprint density at radius 1 is 0.362 bits per heavy atom. The van der Waals surface area contributed by atoms with E-state index in [1.165, 1.54) is 16.3 Å². The first-order chi connectivity index (χ1) is 28.8. The van der Waals surface area contributed by atoms with Crippen molar-refractivity contribution < 1.29 is 0 Å². The molecule has 0 atom stereocenters. The molecule has 0 aliphatic rings. The Labute approximate surface area is 337 Å². The summed E-state index contributed by atoms with van der Waals surface area (Å²) in [7, 11) is 0. The first-order valence-corrected chi connectivity index (χ1v) is 19.6. The number of hydrogen-bond donors (Lipinski definition) is 0. The molecule has 0 unspecified atom stereocenters. The van der Waals surface area contributed by atoms with Crippen molar-refractivity contribution in [2.75, 3.05) is 0 Å². The van der Waals surface area contributed by atoms with Crippen molar-refractivity contribution in [2.45, 2.75) is 13.8 Å². The van der Waals surface area contributed by atoms with Crippen LogP contribution in [0.15, 0.2) is 207 Å². The van der Waals surface area contributed by atoms with Gasteiger partial charge in [-0.3, -0.25) is 4.57 Å². The molecule has 0 aliphatic heterocycles.